The summed E-state index contributed by atoms with van der Waals surface area (Å²) in [7, 11) is 1.40. The average molecular weight is 231 g/mol. The van der Waals surface area contributed by atoms with Crippen LogP contribution in [-0.2, 0) is 11.2 Å². The number of nitrogens with one attached hydrogen (secondary N) is 1. The largest absolute Gasteiger partial charge is 0.465 e. The number of aromatic amines is 1. The molecule has 0 spiro atoms. The Morgan fingerprint density at radius 3 is 2.88 bits per heavy atom. The summed E-state index contributed by atoms with van der Waals surface area (Å²) in [5, 5.41) is 1.07. The maximum absolute atomic E-state index is 11.4. The molecule has 0 atom stereocenters. The third-order valence-corrected chi connectivity index (χ3v) is 2.90. The topological polar surface area (TPSA) is 42.1 Å². The van der Waals surface area contributed by atoms with Crippen LogP contribution in [0.3, 0.4) is 0 Å². The predicted octanol–water partition coefficient (Wildman–Crippen LogP) is 3.30. The number of carbonyl (C=O) groups is 1. The first-order chi connectivity index (χ1) is 8.24. The van der Waals surface area contributed by atoms with Gasteiger partial charge in [-0.25, -0.2) is 4.79 Å². The van der Waals surface area contributed by atoms with Gasteiger partial charge in [0.05, 0.1) is 12.7 Å². The van der Waals surface area contributed by atoms with Crippen molar-refractivity contribution in [2.24, 2.45) is 0 Å². The Labute approximate surface area is 101 Å². The van der Waals surface area contributed by atoms with E-state index in [0.717, 1.165) is 17.3 Å². The molecule has 0 radical (unpaired) electrons. The van der Waals surface area contributed by atoms with E-state index in [0.29, 0.717) is 5.56 Å². The van der Waals surface area contributed by atoms with Crippen molar-refractivity contribution < 1.29 is 9.53 Å². The van der Waals surface area contributed by atoms with Crippen molar-refractivity contribution in [3.05, 3.63) is 35.5 Å². The molecule has 1 heterocycles. The zero-order valence-corrected chi connectivity index (χ0v) is 10.2. The zero-order chi connectivity index (χ0) is 12.3. The van der Waals surface area contributed by atoms with Crippen molar-refractivity contribution in [3.63, 3.8) is 0 Å². The molecule has 0 unspecified atom stereocenters. The minimum Gasteiger partial charge on any atom is -0.465 e. The zero-order valence-electron chi connectivity index (χ0n) is 10.2. The summed E-state index contributed by atoms with van der Waals surface area (Å²) < 4.78 is 4.71. The second kappa shape index (κ2) is 5.04. The molecule has 2 aromatic rings. The van der Waals surface area contributed by atoms with Gasteiger partial charge in [0.1, 0.15) is 0 Å². The quantitative estimate of drug-likeness (QED) is 0.820. The van der Waals surface area contributed by atoms with Gasteiger partial charge in [0.2, 0.25) is 0 Å². The fourth-order valence-corrected chi connectivity index (χ4v) is 1.94. The number of benzene rings is 1. The summed E-state index contributed by atoms with van der Waals surface area (Å²) >= 11 is 0. The Balaban J connectivity index is 2.31. The first-order valence-corrected chi connectivity index (χ1v) is 5.94. The van der Waals surface area contributed by atoms with E-state index in [9.17, 15) is 4.79 Å². The van der Waals surface area contributed by atoms with Gasteiger partial charge in [-0.2, -0.15) is 0 Å². The van der Waals surface area contributed by atoms with Crippen LogP contribution in [-0.4, -0.2) is 18.1 Å². The fraction of sp³-hybridized carbons (Fsp3) is 0.357. The molecule has 3 heteroatoms. The molecule has 1 aromatic heterocycles. The summed E-state index contributed by atoms with van der Waals surface area (Å²) in [6, 6.07) is 7.69. The van der Waals surface area contributed by atoms with Gasteiger partial charge in [-0.3, -0.25) is 0 Å². The first kappa shape index (κ1) is 11.7. The molecule has 2 rings (SSSR count). The van der Waals surface area contributed by atoms with E-state index in [2.05, 4.69) is 18.0 Å². The Hall–Kier alpha value is -1.77. The van der Waals surface area contributed by atoms with Gasteiger partial charge < -0.3 is 9.72 Å². The second-order valence-electron chi connectivity index (χ2n) is 4.19. The van der Waals surface area contributed by atoms with Gasteiger partial charge in [0, 0.05) is 16.6 Å². The van der Waals surface area contributed by atoms with Crippen molar-refractivity contribution >= 4 is 16.9 Å². The van der Waals surface area contributed by atoms with E-state index >= 15 is 0 Å². The molecule has 17 heavy (non-hydrogen) atoms. The van der Waals surface area contributed by atoms with Crippen molar-refractivity contribution in [1.82, 2.24) is 4.98 Å². The van der Waals surface area contributed by atoms with Crippen LogP contribution in [0.4, 0.5) is 0 Å². The molecule has 0 aliphatic rings. The molecule has 90 valence electrons. The first-order valence-electron chi connectivity index (χ1n) is 5.94. The van der Waals surface area contributed by atoms with Crippen LogP contribution in [0.25, 0.3) is 10.9 Å². The molecule has 0 fully saturated rings. The van der Waals surface area contributed by atoms with E-state index < -0.39 is 0 Å². The van der Waals surface area contributed by atoms with Crippen molar-refractivity contribution in [1.29, 1.82) is 0 Å². The summed E-state index contributed by atoms with van der Waals surface area (Å²) in [6.45, 7) is 2.18. The van der Waals surface area contributed by atoms with Gasteiger partial charge in [0.25, 0.3) is 0 Å². The van der Waals surface area contributed by atoms with Crippen molar-refractivity contribution in [2.75, 3.05) is 7.11 Å². The normalized spacial score (nSPS) is 10.7. The maximum Gasteiger partial charge on any atom is 0.337 e. The molecule has 0 amide bonds. The van der Waals surface area contributed by atoms with Gasteiger partial charge in [-0.15, -0.1) is 0 Å². The number of unbranched alkanes of at least 4 members (excludes halogenated alkanes) is 1. The van der Waals surface area contributed by atoms with Crippen LogP contribution < -0.4 is 0 Å². The van der Waals surface area contributed by atoms with E-state index in [1.165, 1.54) is 25.6 Å². The number of methoxy groups -OCH3 is 1. The smallest absolute Gasteiger partial charge is 0.337 e. The summed E-state index contributed by atoms with van der Waals surface area (Å²) in [4.78, 5) is 14.8. The number of esters is 1. The third kappa shape index (κ3) is 2.49. The molecular weight excluding hydrogens is 214 g/mol. The lowest BCUT2D eigenvalue weighted by Gasteiger charge is -1.98. The highest BCUT2D eigenvalue weighted by Gasteiger charge is 2.07. The van der Waals surface area contributed by atoms with E-state index in [1.54, 1.807) is 6.07 Å². The predicted molar refractivity (Wildman–Crippen MR) is 68.3 cm³/mol. The maximum atomic E-state index is 11.4. The average Bonchev–Trinajstić information content (AvgIpc) is 2.76. The fourth-order valence-electron chi connectivity index (χ4n) is 1.94. The summed E-state index contributed by atoms with van der Waals surface area (Å²) in [6.07, 6.45) is 3.41. The standard InChI is InChI=1S/C14H17NO2/c1-3-4-5-12-9-11-8-10(14(16)17-2)6-7-13(11)15-12/h6-9,15H,3-5H2,1-2H3. The molecular formula is C14H17NO2. The van der Waals surface area contributed by atoms with Gasteiger partial charge in [-0.1, -0.05) is 13.3 Å². The van der Waals surface area contributed by atoms with Crippen LogP contribution in [0.2, 0.25) is 0 Å². The highest BCUT2D eigenvalue weighted by molar-refractivity contribution is 5.94. The minimum absolute atomic E-state index is 0.289. The molecule has 0 saturated carbocycles. The number of hydrogen-bond donors (Lipinski definition) is 1. The van der Waals surface area contributed by atoms with Crippen molar-refractivity contribution in [2.45, 2.75) is 26.2 Å². The van der Waals surface area contributed by atoms with E-state index in [-0.39, 0.29) is 5.97 Å². The van der Waals surface area contributed by atoms with E-state index in [1.807, 2.05) is 12.1 Å². The van der Waals surface area contributed by atoms with Crippen molar-refractivity contribution in [3.8, 4) is 0 Å². The number of aryl methyl sites for hydroxylation is 1. The highest BCUT2D eigenvalue weighted by Crippen LogP contribution is 2.19. The van der Waals surface area contributed by atoms with Gasteiger partial charge >= 0.3 is 5.97 Å². The Morgan fingerprint density at radius 2 is 2.18 bits per heavy atom. The minimum atomic E-state index is -0.289. The number of hydrogen-bond acceptors (Lipinski definition) is 2. The van der Waals surface area contributed by atoms with Gasteiger partial charge in [0.15, 0.2) is 0 Å². The number of rotatable bonds is 4. The lowest BCUT2D eigenvalue weighted by atomic mass is 10.1. The number of ether oxygens (including phenoxy) is 1. The monoisotopic (exact) mass is 231 g/mol. The number of carbonyl (C=O) groups excluding carboxylic acids is 1. The van der Waals surface area contributed by atoms with Crippen LogP contribution in [0, 0.1) is 0 Å². The molecule has 0 bridgehead atoms. The van der Waals surface area contributed by atoms with Crippen LogP contribution >= 0.6 is 0 Å². The molecule has 0 aliphatic heterocycles. The Kier molecular flexibility index (Phi) is 3.47. The number of H-pyrrole nitrogens is 1. The molecule has 3 nitrogen and oxygen atoms in total. The number of aromatic nitrogens is 1. The summed E-state index contributed by atoms with van der Waals surface area (Å²) in [5.74, 6) is -0.289. The van der Waals surface area contributed by atoms with Crippen LogP contribution in [0.15, 0.2) is 24.3 Å². The Morgan fingerprint density at radius 1 is 1.35 bits per heavy atom. The highest BCUT2D eigenvalue weighted by atomic mass is 16.5. The van der Waals surface area contributed by atoms with Gasteiger partial charge in [-0.05, 0) is 37.1 Å². The molecule has 0 saturated heterocycles. The van der Waals surface area contributed by atoms with Crippen LogP contribution in [0.1, 0.15) is 35.8 Å². The lowest BCUT2D eigenvalue weighted by molar-refractivity contribution is 0.0601. The SMILES string of the molecule is CCCCc1cc2cc(C(=O)OC)ccc2[nH]1. The third-order valence-electron chi connectivity index (χ3n) is 2.90. The number of fused-ring (bicyclic) bond motifs is 1. The molecule has 0 aliphatic carbocycles. The van der Waals surface area contributed by atoms with E-state index in [4.69, 9.17) is 4.74 Å². The molecule has 1 aromatic carbocycles. The molecule has 1 N–H and O–H groups in total. The summed E-state index contributed by atoms with van der Waals surface area (Å²) in [5.41, 5.74) is 2.90. The second-order valence-corrected chi connectivity index (χ2v) is 4.19. The Bertz CT molecular complexity index is 528. The van der Waals surface area contributed by atoms with Crippen LogP contribution in [0.5, 0.6) is 0 Å². The lowest BCUT2D eigenvalue weighted by Crippen LogP contribution is -2.00.